The first-order valence-corrected chi connectivity index (χ1v) is 4.08. The van der Waals surface area contributed by atoms with Gasteiger partial charge in [-0.05, 0) is 12.5 Å². The average molecular weight is 150 g/mol. The lowest BCUT2D eigenvalue weighted by Gasteiger charge is -2.08. The summed E-state index contributed by atoms with van der Waals surface area (Å²) in [7, 11) is 0. The lowest BCUT2D eigenvalue weighted by molar-refractivity contribution is 0.347. The van der Waals surface area contributed by atoms with Crippen molar-refractivity contribution < 1.29 is 5.11 Å². The molecule has 1 rings (SSSR count). The molecular formula is C10H14O. The van der Waals surface area contributed by atoms with Crippen molar-refractivity contribution >= 4 is 0 Å². The summed E-state index contributed by atoms with van der Waals surface area (Å²) in [5.74, 6) is 0.715. The molecule has 1 aliphatic rings. The van der Waals surface area contributed by atoms with Gasteiger partial charge < -0.3 is 5.11 Å². The Labute approximate surface area is 67.7 Å². The molecule has 1 N–H and O–H groups in total. The van der Waals surface area contributed by atoms with E-state index in [0.29, 0.717) is 5.76 Å². The number of allylic oxidation sites excluding steroid dienone is 5. The maximum Gasteiger partial charge on any atom is 0.0991 e. The van der Waals surface area contributed by atoms with Crippen LogP contribution in [0.4, 0.5) is 0 Å². The number of aliphatic hydroxyl groups excluding tert-OH is 1. The molecule has 0 radical (unpaired) electrons. The van der Waals surface area contributed by atoms with Crippen molar-refractivity contribution in [2.45, 2.75) is 19.8 Å². The van der Waals surface area contributed by atoms with E-state index in [1.165, 1.54) is 0 Å². The summed E-state index contributed by atoms with van der Waals surface area (Å²) in [4.78, 5) is 0. The van der Waals surface area contributed by atoms with E-state index in [1.54, 1.807) is 6.08 Å². The normalized spacial score (nSPS) is 23.0. The van der Waals surface area contributed by atoms with Gasteiger partial charge in [0.15, 0.2) is 0 Å². The number of aliphatic hydroxyl groups is 1. The molecule has 0 fully saturated rings. The molecule has 0 saturated heterocycles. The van der Waals surface area contributed by atoms with Crippen LogP contribution in [-0.2, 0) is 0 Å². The number of rotatable bonds is 2. The molecule has 1 heteroatoms. The molecule has 1 nitrogen and oxygen atoms in total. The minimum absolute atomic E-state index is 0.231. The molecule has 0 amide bonds. The van der Waals surface area contributed by atoms with Gasteiger partial charge in [0.1, 0.15) is 0 Å². The largest absolute Gasteiger partial charge is 0.512 e. The Morgan fingerprint density at radius 1 is 1.36 bits per heavy atom. The molecule has 1 aliphatic carbocycles. The first-order valence-electron chi connectivity index (χ1n) is 4.08. The van der Waals surface area contributed by atoms with Gasteiger partial charge in [0, 0.05) is 5.92 Å². The van der Waals surface area contributed by atoms with Gasteiger partial charge in [-0.3, -0.25) is 0 Å². The van der Waals surface area contributed by atoms with Crippen LogP contribution in [0.3, 0.4) is 0 Å². The van der Waals surface area contributed by atoms with Crippen molar-refractivity contribution in [3.63, 3.8) is 0 Å². The van der Waals surface area contributed by atoms with Gasteiger partial charge in [-0.2, -0.15) is 0 Å². The summed E-state index contributed by atoms with van der Waals surface area (Å²) in [6, 6.07) is 0. The minimum atomic E-state index is 0.231. The maximum atomic E-state index is 9.44. The number of hydrogen-bond donors (Lipinski definition) is 1. The first-order chi connectivity index (χ1) is 5.34. The molecular weight excluding hydrogens is 136 g/mol. The monoisotopic (exact) mass is 150 g/mol. The molecule has 0 heterocycles. The SMILES string of the molecule is CCCC1C=CC=CC=C1O. The Hall–Kier alpha value is -0.980. The van der Waals surface area contributed by atoms with E-state index in [1.807, 2.05) is 24.3 Å². The van der Waals surface area contributed by atoms with Crippen LogP contribution in [0.15, 0.2) is 36.1 Å². The zero-order valence-electron chi connectivity index (χ0n) is 6.83. The summed E-state index contributed by atoms with van der Waals surface area (Å²) in [6.07, 6.45) is 11.7. The van der Waals surface area contributed by atoms with Crippen LogP contribution >= 0.6 is 0 Å². The molecule has 0 aromatic rings. The van der Waals surface area contributed by atoms with Crippen LogP contribution in [0, 0.1) is 5.92 Å². The lowest BCUT2D eigenvalue weighted by atomic mass is 10.0. The standard InChI is InChI=1S/C10H14O/c1-2-6-9-7-4-3-5-8-10(9)11/h3-5,7-9,11H,2,6H2,1H3. The Morgan fingerprint density at radius 2 is 2.18 bits per heavy atom. The summed E-state index contributed by atoms with van der Waals surface area (Å²) < 4.78 is 0. The van der Waals surface area contributed by atoms with E-state index in [4.69, 9.17) is 0 Å². The fourth-order valence-electron chi connectivity index (χ4n) is 1.19. The molecule has 11 heavy (non-hydrogen) atoms. The van der Waals surface area contributed by atoms with Gasteiger partial charge in [0.05, 0.1) is 5.76 Å². The summed E-state index contributed by atoms with van der Waals surface area (Å²) in [5, 5.41) is 9.44. The molecule has 1 unspecified atom stereocenters. The van der Waals surface area contributed by atoms with Crippen LogP contribution < -0.4 is 0 Å². The van der Waals surface area contributed by atoms with E-state index in [2.05, 4.69) is 6.92 Å². The maximum absolute atomic E-state index is 9.44. The summed E-state index contributed by atoms with van der Waals surface area (Å²) in [6.45, 7) is 2.12. The predicted octanol–water partition coefficient (Wildman–Crippen LogP) is 2.97. The summed E-state index contributed by atoms with van der Waals surface area (Å²) >= 11 is 0. The van der Waals surface area contributed by atoms with E-state index in [-0.39, 0.29) is 5.92 Å². The third-order valence-electron chi connectivity index (χ3n) is 1.81. The second-order valence-corrected chi connectivity index (χ2v) is 2.76. The lowest BCUT2D eigenvalue weighted by Crippen LogP contribution is -1.98. The highest BCUT2D eigenvalue weighted by Gasteiger charge is 2.08. The third-order valence-corrected chi connectivity index (χ3v) is 1.81. The first kappa shape index (κ1) is 8.12. The Bertz CT molecular complexity index is 199. The molecule has 0 aromatic heterocycles. The zero-order chi connectivity index (χ0) is 8.10. The molecule has 60 valence electrons. The van der Waals surface area contributed by atoms with Crippen molar-refractivity contribution in [2.75, 3.05) is 0 Å². The highest BCUT2D eigenvalue weighted by atomic mass is 16.3. The highest BCUT2D eigenvalue weighted by molar-refractivity contribution is 5.22. The minimum Gasteiger partial charge on any atom is -0.512 e. The van der Waals surface area contributed by atoms with Crippen LogP contribution in [-0.4, -0.2) is 5.11 Å². The zero-order valence-corrected chi connectivity index (χ0v) is 6.83. The van der Waals surface area contributed by atoms with Gasteiger partial charge in [0.2, 0.25) is 0 Å². The quantitative estimate of drug-likeness (QED) is 0.641. The molecule has 1 atom stereocenters. The molecule has 0 saturated carbocycles. The Balaban J connectivity index is 2.64. The second-order valence-electron chi connectivity index (χ2n) is 2.76. The fourth-order valence-corrected chi connectivity index (χ4v) is 1.19. The van der Waals surface area contributed by atoms with Crippen LogP contribution in [0.2, 0.25) is 0 Å². The average Bonchev–Trinajstić information content (AvgIpc) is 2.18. The van der Waals surface area contributed by atoms with Gasteiger partial charge in [-0.25, -0.2) is 0 Å². The molecule has 0 aromatic carbocycles. The smallest absolute Gasteiger partial charge is 0.0991 e. The van der Waals surface area contributed by atoms with Gasteiger partial charge in [0.25, 0.3) is 0 Å². The Kier molecular flexibility index (Phi) is 2.96. The van der Waals surface area contributed by atoms with Crippen LogP contribution in [0.5, 0.6) is 0 Å². The van der Waals surface area contributed by atoms with Gasteiger partial charge in [-0.1, -0.05) is 37.6 Å². The van der Waals surface area contributed by atoms with Crippen LogP contribution in [0.25, 0.3) is 0 Å². The topological polar surface area (TPSA) is 20.2 Å². The van der Waals surface area contributed by atoms with Gasteiger partial charge >= 0.3 is 0 Å². The summed E-state index contributed by atoms with van der Waals surface area (Å²) in [5.41, 5.74) is 0. The predicted molar refractivity (Wildman–Crippen MR) is 47.4 cm³/mol. The second kappa shape index (κ2) is 4.02. The van der Waals surface area contributed by atoms with E-state index in [9.17, 15) is 5.11 Å². The van der Waals surface area contributed by atoms with Crippen LogP contribution in [0.1, 0.15) is 19.8 Å². The third kappa shape index (κ3) is 2.26. The van der Waals surface area contributed by atoms with E-state index in [0.717, 1.165) is 12.8 Å². The fraction of sp³-hybridized carbons (Fsp3) is 0.400. The van der Waals surface area contributed by atoms with Crippen molar-refractivity contribution in [1.82, 2.24) is 0 Å². The van der Waals surface area contributed by atoms with Crippen molar-refractivity contribution in [3.05, 3.63) is 36.1 Å². The molecule has 0 aliphatic heterocycles. The van der Waals surface area contributed by atoms with Crippen molar-refractivity contribution in [1.29, 1.82) is 0 Å². The number of hydrogen-bond acceptors (Lipinski definition) is 1. The van der Waals surface area contributed by atoms with Gasteiger partial charge in [-0.15, -0.1) is 0 Å². The van der Waals surface area contributed by atoms with Crippen molar-refractivity contribution in [2.24, 2.45) is 5.92 Å². The highest BCUT2D eigenvalue weighted by Crippen LogP contribution is 2.18. The van der Waals surface area contributed by atoms with E-state index >= 15 is 0 Å². The van der Waals surface area contributed by atoms with E-state index < -0.39 is 0 Å². The molecule has 0 bridgehead atoms. The van der Waals surface area contributed by atoms with Crippen molar-refractivity contribution in [3.8, 4) is 0 Å². The Morgan fingerprint density at radius 3 is 2.91 bits per heavy atom. The molecule has 0 spiro atoms.